The van der Waals surface area contributed by atoms with Crippen molar-refractivity contribution < 1.29 is 32.7 Å². The lowest BCUT2D eigenvalue weighted by Crippen LogP contribution is -2.76. The van der Waals surface area contributed by atoms with Crippen LogP contribution in [0.4, 0.5) is 18.0 Å². The van der Waals surface area contributed by atoms with E-state index in [9.17, 15) is 32.7 Å². The molecule has 0 bridgehead atoms. The molecule has 0 unspecified atom stereocenters. The summed E-state index contributed by atoms with van der Waals surface area (Å²) in [4.78, 5) is 44.0. The van der Waals surface area contributed by atoms with Gasteiger partial charge in [-0.15, -0.1) is 0 Å². The number of hydrazine groups is 1. The van der Waals surface area contributed by atoms with Gasteiger partial charge in [0.1, 0.15) is 18.0 Å². The van der Waals surface area contributed by atoms with Crippen molar-refractivity contribution in [2.45, 2.75) is 44.8 Å². The summed E-state index contributed by atoms with van der Waals surface area (Å²) in [5.74, 6) is -0.740. The van der Waals surface area contributed by atoms with E-state index in [1.807, 2.05) is 37.3 Å². The molecule has 2 fully saturated rings. The predicted molar refractivity (Wildman–Crippen MR) is 151 cm³/mol. The molecule has 5 rings (SSSR count). The van der Waals surface area contributed by atoms with Crippen LogP contribution >= 0.6 is 0 Å². The normalized spacial score (nSPS) is 19.4. The Morgan fingerprint density at radius 3 is 2.33 bits per heavy atom. The summed E-state index contributed by atoms with van der Waals surface area (Å²) >= 11 is 0. The summed E-state index contributed by atoms with van der Waals surface area (Å²) in [5.41, 5.74) is 0.985. The number of carbonyl (C=O) groups is 3. The Balaban J connectivity index is 1.49. The number of nitrogens with zero attached hydrogens (tertiary/aromatic N) is 4. The maximum Gasteiger partial charge on any atom is 0.416 e. The SMILES string of the molecule is CCN1CC(=O)N2[C@@H](Cc3ccc(O)cc3)C(=O)N(Cc3cccc(C(F)(F)F)c3)C[C@@H]2N1C(=O)NCc1ccccc1. The highest BCUT2D eigenvalue weighted by atomic mass is 19.4. The lowest BCUT2D eigenvalue weighted by molar-refractivity contribution is -0.190. The molecule has 2 N–H and O–H groups in total. The van der Waals surface area contributed by atoms with E-state index in [1.165, 1.54) is 39.1 Å². The molecule has 4 amide bonds. The third-order valence-corrected chi connectivity index (χ3v) is 7.68. The highest BCUT2D eigenvalue weighted by molar-refractivity contribution is 5.91. The van der Waals surface area contributed by atoms with Crippen LogP contribution in [0.2, 0.25) is 0 Å². The molecule has 2 heterocycles. The number of hydrogen-bond acceptors (Lipinski definition) is 5. The van der Waals surface area contributed by atoms with E-state index in [1.54, 1.807) is 17.1 Å². The molecular formula is C31H32F3N5O4. The second kappa shape index (κ2) is 12.3. The molecule has 0 aliphatic carbocycles. The van der Waals surface area contributed by atoms with Crippen LogP contribution in [0, 0.1) is 0 Å². The number of nitrogens with one attached hydrogen (secondary N) is 1. The number of benzene rings is 3. The molecule has 2 aliphatic heterocycles. The minimum absolute atomic E-state index is 0.0386. The van der Waals surface area contributed by atoms with Crippen LogP contribution in [0.15, 0.2) is 78.9 Å². The van der Waals surface area contributed by atoms with Crippen molar-refractivity contribution in [3.63, 3.8) is 0 Å². The monoisotopic (exact) mass is 595 g/mol. The fraction of sp³-hybridized carbons (Fsp3) is 0.323. The smallest absolute Gasteiger partial charge is 0.416 e. The van der Waals surface area contributed by atoms with Crippen molar-refractivity contribution in [3.05, 3.63) is 101 Å². The molecule has 9 nitrogen and oxygen atoms in total. The summed E-state index contributed by atoms with van der Waals surface area (Å²) in [6.45, 7) is 2.01. The molecule has 2 aliphatic rings. The van der Waals surface area contributed by atoms with Crippen molar-refractivity contribution in [3.8, 4) is 5.75 Å². The molecule has 0 saturated carbocycles. The number of alkyl halides is 3. The maximum absolute atomic E-state index is 13.9. The second-order valence-corrected chi connectivity index (χ2v) is 10.6. The number of urea groups is 1. The van der Waals surface area contributed by atoms with Crippen LogP contribution in [0.25, 0.3) is 0 Å². The van der Waals surface area contributed by atoms with Gasteiger partial charge in [0.25, 0.3) is 0 Å². The Labute approximate surface area is 247 Å². The summed E-state index contributed by atoms with van der Waals surface area (Å²) in [7, 11) is 0. The average Bonchev–Trinajstić information content (AvgIpc) is 2.99. The average molecular weight is 596 g/mol. The number of fused-ring (bicyclic) bond motifs is 1. The van der Waals surface area contributed by atoms with E-state index in [4.69, 9.17) is 0 Å². The third kappa shape index (κ3) is 6.59. The number of piperazine rings is 1. The zero-order valence-electron chi connectivity index (χ0n) is 23.5. The topological polar surface area (TPSA) is 96.4 Å². The fourth-order valence-electron chi connectivity index (χ4n) is 5.58. The minimum Gasteiger partial charge on any atom is -0.508 e. The van der Waals surface area contributed by atoms with Crippen molar-refractivity contribution in [1.82, 2.24) is 25.1 Å². The molecule has 0 spiro atoms. The Morgan fingerprint density at radius 1 is 0.953 bits per heavy atom. The number of aromatic hydroxyl groups is 1. The van der Waals surface area contributed by atoms with Gasteiger partial charge in [0.2, 0.25) is 11.8 Å². The highest BCUT2D eigenvalue weighted by Crippen LogP contribution is 2.32. The number of carbonyl (C=O) groups excluding carboxylic acids is 3. The number of phenolic OH excluding ortho intramolecular Hbond substituents is 1. The Hall–Kier alpha value is -4.58. The van der Waals surface area contributed by atoms with Gasteiger partial charge in [0, 0.05) is 26.1 Å². The molecule has 12 heteroatoms. The van der Waals surface area contributed by atoms with E-state index in [0.717, 1.165) is 17.7 Å². The van der Waals surface area contributed by atoms with Gasteiger partial charge in [-0.3, -0.25) is 9.59 Å². The Kier molecular flexibility index (Phi) is 8.58. The first-order chi connectivity index (χ1) is 20.5. The number of rotatable bonds is 7. The number of phenols is 1. The van der Waals surface area contributed by atoms with Crippen LogP contribution in [0.5, 0.6) is 5.75 Å². The molecular weight excluding hydrogens is 563 g/mol. The van der Waals surface area contributed by atoms with Gasteiger partial charge in [-0.25, -0.2) is 14.8 Å². The van der Waals surface area contributed by atoms with Crippen LogP contribution < -0.4 is 5.32 Å². The standard InChI is InChI=1S/C31H32F3N5O4/c1-2-37-20-28(41)38-26(16-21-11-13-25(40)14-12-21)29(42)36(18-23-9-6-10-24(15-23)31(32,33)34)19-27(38)39(37)30(43)35-17-22-7-4-3-5-8-22/h3-15,26-27,40H,2,16-20H2,1H3,(H,35,43)/t26-,27-/m0/s1. The number of amides is 4. The van der Waals surface area contributed by atoms with Crippen molar-refractivity contribution in [2.75, 3.05) is 19.6 Å². The van der Waals surface area contributed by atoms with E-state index < -0.39 is 35.9 Å². The summed E-state index contributed by atoms with van der Waals surface area (Å²) in [6.07, 6.45) is -5.36. The molecule has 0 aromatic heterocycles. The van der Waals surface area contributed by atoms with Gasteiger partial charge in [-0.05, 0) is 41.0 Å². The Morgan fingerprint density at radius 2 is 1.65 bits per heavy atom. The zero-order chi connectivity index (χ0) is 30.7. The summed E-state index contributed by atoms with van der Waals surface area (Å²) in [5, 5.41) is 15.7. The first kappa shape index (κ1) is 29.9. The molecule has 0 radical (unpaired) electrons. The van der Waals surface area contributed by atoms with Crippen LogP contribution in [0.1, 0.15) is 29.2 Å². The van der Waals surface area contributed by atoms with Crippen LogP contribution in [0.3, 0.4) is 0 Å². The number of halogens is 3. The van der Waals surface area contributed by atoms with Crippen molar-refractivity contribution in [2.24, 2.45) is 0 Å². The minimum atomic E-state index is -4.55. The molecule has 3 aromatic rings. The number of hydrogen-bond donors (Lipinski definition) is 2. The number of likely N-dealkylation sites (N-methyl/N-ethyl adjacent to an activating group) is 1. The molecule has 2 saturated heterocycles. The van der Waals surface area contributed by atoms with Gasteiger partial charge in [-0.1, -0.05) is 61.5 Å². The van der Waals surface area contributed by atoms with Crippen LogP contribution in [-0.4, -0.2) is 74.6 Å². The first-order valence-corrected chi connectivity index (χ1v) is 13.9. The van der Waals surface area contributed by atoms with Crippen molar-refractivity contribution in [1.29, 1.82) is 0 Å². The van der Waals surface area contributed by atoms with Gasteiger partial charge in [-0.2, -0.15) is 13.2 Å². The van der Waals surface area contributed by atoms with E-state index in [2.05, 4.69) is 5.32 Å². The second-order valence-electron chi connectivity index (χ2n) is 10.6. The Bertz CT molecular complexity index is 1470. The first-order valence-electron chi connectivity index (χ1n) is 13.9. The summed E-state index contributed by atoms with van der Waals surface area (Å²) in [6, 6.07) is 18.8. The van der Waals surface area contributed by atoms with E-state index >= 15 is 0 Å². The fourth-order valence-corrected chi connectivity index (χ4v) is 5.58. The lowest BCUT2D eigenvalue weighted by atomic mass is 9.98. The zero-order valence-corrected chi connectivity index (χ0v) is 23.5. The molecule has 43 heavy (non-hydrogen) atoms. The highest BCUT2D eigenvalue weighted by Gasteiger charge is 2.51. The van der Waals surface area contributed by atoms with Gasteiger partial charge >= 0.3 is 12.2 Å². The van der Waals surface area contributed by atoms with Crippen LogP contribution in [-0.2, 0) is 35.3 Å². The maximum atomic E-state index is 13.9. The largest absolute Gasteiger partial charge is 0.508 e. The molecule has 226 valence electrons. The molecule has 3 aromatic carbocycles. The van der Waals surface area contributed by atoms with E-state index in [-0.39, 0.29) is 49.8 Å². The summed E-state index contributed by atoms with van der Waals surface area (Å²) < 4.78 is 40.3. The third-order valence-electron chi connectivity index (χ3n) is 7.68. The van der Waals surface area contributed by atoms with E-state index in [0.29, 0.717) is 12.1 Å². The van der Waals surface area contributed by atoms with Crippen molar-refractivity contribution >= 4 is 17.8 Å². The quantitative estimate of drug-likeness (QED) is 0.431. The van der Waals surface area contributed by atoms with Gasteiger partial charge < -0.3 is 20.2 Å². The predicted octanol–water partition coefficient (Wildman–Crippen LogP) is 3.98. The molecule has 2 atom stereocenters. The van der Waals surface area contributed by atoms with Gasteiger partial charge in [0.15, 0.2) is 0 Å². The van der Waals surface area contributed by atoms with Gasteiger partial charge in [0.05, 0.1) is 18.7 Å². The lowest BCUT2D eigenvalue weighted by Gasteiger charge is -2.55.